The molecule has 2 amide bonds. The molecule has 0 bridgehead atoms. The Kier molecular flexibility index (Phi) is 8.25. The van der Waals surface area contributed by atoms with Gasteiger partial charge < -0.3 is 30.1 Å². The third kappa shape index (κ3) is 6.13. The van der Waals surface area contributed by atoms with Gasteiger partial charge in [0, 0.05) is 30.8 Å². The molecule has 2 aliphatic rings. The van der Waals surface area contributed by atoms with Crippen LogP contribution in [0.2, 0.25) is 5.02 Å². The Morgan fingerprint density at radius 1 is 1.31 bits per heavy atom. The van der Waals surface area contributed by atoms with Crippen LogP contribution in [0.25, 0.3) is 11.3 Å². The summed E-state index contributed by atoms with van der Waals surface area (Å²) in [7, 11) is 1.55. The second-order valence-corrected chi connectivity index (χ2v) is 9.93. The maximum absolute atomic E-state index is 13.2. The molecule has 11 heteroatoms. The molecule has 3 aromatic rings. The first-order chi connectivity index (χ1) is 18.9. The van der Waals surface area contributed by atoms with Gasteiger partial charge in [0.05, 0.1) is 42.8 Å². The van der Waals surface area contributed by atoms with Crippen molar-refractivity contribution >= 4 is 29.4 Å². The van der Waals surface area contributed by atoms with E-state index in [1.54, 1.807) is 37.4 Å². The minimum Gasteiger partial charge on any atom is -0.497 e. The molecule has 2 aliphatic heterocycles. The number of aliphatic hydroxyl groups is 1. The Hall–Kier alpha value is -3.73. The van der Waals surface area contributed by atoms with Crippen molar-refractivity contribution in [3.05, 3.63) is 70.4 Å². The first-order valence-corrected chi connectivity index (χ1v) is 13.2. The Labute approximate surface area is 231 Å². The van der Waals surface area contributed by atoms with E-state index in [-0.39, 0.29) is 31.1 Å². The van der Waals surface area contributed by atoms with Gasteiger partial charge in [0.1, 0.15) is 12.3 Å². The number of nitrogens with zero attached hydrogens (tertiary/aromatic N) is 3. The number of ether oxygens (including phenoxy) is 2. The van der Waals surface area contributed by atoms with Crippen LogP contribution in [0.15, 0.2) is 48.7 Å². The van der Waals surface area contributed by atoms with Gasteiger partial charge in [-0.05, 0) is 42.2 Å². The number of rotatable bonds is 10. The van der Waals surface area contributed by atoms with E-state index in [0.29, 0.717) is 52.2 Å². The molecule has 39 heavy (non-hydrogen) atoms. The Bertz CT molecular complexity index is 1360. The lowest BCUT2D eigenvalue weighted by Gasteiger charge is -2.20. The zero-order valence-corrected chi connectivity index (χ0v) is 22.3. The van der Waals surface area contributed by atoms with Crippen LogP contribution in [0.5, 0.6) is 5.75 Å². The number of carbonyl (C=O) groups excluding carboxylic acids is 2. The highest BCUT2D eigenvalue weighted by Gasteiger charge is 2.30. The number of nitrogens with one attached hydrogen (secondary N) is 2. The van der Waals surface area contributed by atoms with Gasteiger partial charge in [-0.15, -0.1) is 0 Å². The van der Waals surface area contributed by atoms with Crippen molar-refractivity contribution in [1.82, 2.24) is 20.2 Å². The average molecular weight is 552 g/mol. The van der Waals surface area contributed by atoms with Crippen molar-refractivity contribution in [2.45, 2.75) is 31.5 Å². The van der Waals surface area contributed by atoms with Gasteiger partial charge in [-0.2, -0.15) is 0 Å². The monoisotopic (exact) mass is 551 g/mol. The summed E-state index contributed by atoms with van der Waals surface area (Å²) in [5.41, 5.74) is 3.20. The van der Waals surface area contributed by atoms with Crippen LogP contribution in [-0.4, -0.2) is 71.3 Å². The fourth-order valence-electron chi connectivity index (χ4n) is 4.81. The lowest BCUT2D eigenvalue weighted by molar-refractivity contribution is -0.122. The summed E-state index contributed by atoms with van der Waals surface area (Å²) in [5, 5.41) is 16.2. The van der Waals surface area contributed by atoms with Crippen molar-refractivity contribution in [2.24, 2.45) is 0 Å². The van der Waals surface area contributed by atoms with E-state index in [2.05, 4.69) is 20.6 Å². The van der Waals surface area contributed by atoms with Crippen LogP contribution in [-0.2, 0) is 16.1 Å². The number of methoxy groups -OCH3 is 1. The van der Waals surface area contributed by atoms with Gasteiger partial charge in [-0.3, -0.25) is 9.59 Å². The fraction of sp³-hybridized carbons (Fsp3) is 0.357. The lowest BCUT2D eigenvalue weighted by atomic mass is 10.0. The second kappa shape index (κ2) is 12.0. The SMILES string of the molecule is COc1cccc(C(CO)NC(=O)CN2Cc3ccc(-c4nc(NCC5CCCO5)ncc4Cl)cc3C2=O)c1. The van der Waals surface area contributed by atoms with Crippen molar-refractivity contribution < 1.29 is 24.2 Å². The summed E-state index contributed by atoms with van der Waals surface area (Å²) in [6.07, 6.45) is 3.71. The van der Waals surface area contributed by atoms with Crippen molar-refractivity contribution in [1.29, 1.82) is 0 Å². The molecule has 2 aromatic carbocycles. The fourth-order valence-corrected chi connectivity index (χ4v) is 5.01. The summed E-state index contributed by atoms with van der Waals surface area (Å²) in [5.74, 6) is 0.421. The largest absolute Gasteiger partial charge is 0.497 e. The van der Waals surface area contributed by atoms with E-state index in [9.17, 15) is 14.7 Å². The Morgan fingerprint density at radius 2 is 2.18 bits per heavy atom. The van der Waals surface area contributed by atoms with Crippen molar-refractivity contribution in [2.75, 3.05) is 38.7 Å². The molecule has 5 rings (SSSR count). The Morgan fingerprint density at radius 3 is 2.95 bits per heavy atom. The molecule has 1 aromatic heterocycles. The number of fused-ring (bicyclic) bond motifs is 1. The maximum Gasteiger partial charge on any atom is 0.254 e. The van der Waals surface area contributed by atoms with Gasteiger partial charge >= 0.3 is 0 Å². The van der Waals surface area contributed by atoms with E-state index < -0.39 is 6.04 Å². The molecule has 2 unspecified atom stereocenters. The van der Waals surface area contributed by atoms with Gasteiger partial charge in [0.2, 0.25) is 11.9 Å². The number of aliphatic hydroxyl groups excluding tert-OH is 1. The molecule has 3 heterocycles. The van der Waals surface area contributed by atoms with Gasteiger partial charge in [-0.25, -0.2) is 9.97 Å². The second-order valence-electron chi connectivity index (χ2n) is 9.52. The predicted octanol–water partition coefficient (Wildman–Crippen LogP) is 3.20. The third-order valence-corrected chi connectivity index (χ3v) is 7.14. The highest BCUT2D eigenvalue weighted by atomic mass is 35.5. The van der Waals surface area contributed by atoms with Crippen LogP contribution in [0.4, 0.5) is 5.95 Å². The third-order valence-electron chi connectivity index (χ3n) is 6.87. The number of carbonyl (C=O) groups is 2. The number of benzene rings is 2. The highest BCUT2D eigenvalue weighted by Crippen LogP contribution is 2.31. The molecule has 2 atom stereocenters. The lowest BCUT2D eigenvalue weighted by Crippen LogP contribution is -2.40. The molecule has 1 fully saturated rings. The molecule has 3 N–H and O–H groups in total. The van der Waals surface area contributed by atoms with Crippen LogP contribution in [0.1, 0.15) is 40.4 Å². The van der Waals surface area contributed by atoms with Crippen LogP contribution < -0.4 is 15.4 Å². The first kappa shape index (κ1) is 26.9. The minimum atomic E-state index is -0.623. The van der Waals surface area contributed by atoms with E-state index in [4.69, 9.17) is 21.1 Å². The van der Waals surface area contributed by atoms with E-state index >= 15 is 0 Å². The van der Waals surface area contributed by atoms with Crippen LogP contribution >= 0.6 is 11.6 Å². The van der Waals surface area contributed by atoms with Gasteiger partial charge in [-0.1, -0.05) is 35.9 Å². The van der Waals surface area contributed by atoms with Crippen LogP contribution in [0.3, 0.4) is 0 Å². The highest BCUT2D eigenvalue weighted by molar-refractivity contribution is 6.33. The summed E-state index contributed by atoms with van der Waals surface area (Å²) in [4.78, 5) is 36.3. The molecular formula is C28H30ClN5O5. The zero-order valence-electron chi connectivity index (χ0n) is 21.5. The van der Waals surface area contributed by atoms with Gasteiger partial charge in [0.15, 0.2) is 0 Å². The van der Waals surface area contributed by atoms with Crippen molar-refractivity contribution in [3.8, 4) is 17.0 Å². The smallest absolute Gasteiger partial charge is 0.254 e. The van der Waals surface area contributed by atoms with E-state index in [1.165, 1.54) is 11.1 Å². The number of halogens is 1. The quantitative estimate of drug-likeness (QED) is 0.351. The summed E-state index contributed by atoms with van der Waals surface area (Å²) in [6.45, 7) is 1.24. The number of hydrogen-bond acceptors (Lipinski definition) is 8. The zero-order chi connectivity index (χ0) is 27.4. The van der Waals surface area contributed by atoms with E-state index in [1.807, 2.05) is 12.1 Å². The van der Waals surface area contributed by atoms with Crippen molar-refractivity contribution in [3.63, 3.8) is 0 Å². The first-order valence-electron chi connectivity index (χ1n) is 12.8. The molecule has 204 valence electrons. The summed E-state index contributed by atoms with van der Waals surface area (Å²) < 4.78 is 10.9. The number of hydrogen-bond donors (Lipinski definition) is 3. The summed E-state index contributed by atoms with van der Waals surface area (Å²) in [6, 6.07) is 12.0. The van der Waals surface area contributed by atoms with Crippen LogP contribution in [0, 0.1) is 0 Å². The number of anilines is 1. The molecule has 0 spiro atoms. The maximum atomic E-state index is 13.2. The molecule has 10 nitrogen and oxygen atoms in total. The normalized spacial score (nSPS) is 17.2. The topological polar surface area (TPSA) is 126 Å². The predicted molar refractivity (Wildman–Crippen MR) is 146 cm³/mol. The van der Waals surface area contributed by atoms with Gasteiger partial charge in [0.25, 0.3) is 5.91 Å². The molecular weight excluding hydrogens is 522 g/mol. The number of aromatic nitrogens is 2. The van der Waals surface area contributed by atoms with E-state index in [0.717, 1.165) is 25.0 Å². The molecule has 0 aliphatic carbocycles. The Balaban J connectivity index is 1.25. The number of amides is 2. The molecule has 0 radical (unpaired) electrons. The minimum absolute atomic E-state index is 0.136. The molecule has 1 saturated heterocycles. The average Bonchev–Trinajstić information content (AvgIpc) is 3.59. The summed E-state index contributed by atoms with van der Waals surface area (Å²) >= 11 is 6.42. The standard InChI is InChI=1S/C28H30ClN5O5/c1-38-20-5-2-4-17(10-20)24(16-35)32-25(36)15-34-14-19-8-7-18(11-22(19)27(34)37)26-23(29)13-31-28(33-26)30-12-21-6-3-9-39-21/h2,4-5,7-8,10-11,13,21,24,35H,3,6,9,12,14-16H2,1H3,(H,32,36)(H,30,31,33). The molecule has 0 saturated carbocycles.